The number of rotatable bonds is 4. The highest BCUT2D eigenvalue weighted by molar-refractivity contribution is 6.01. The Morgan fingerprint density at radius 3 is 2.83 bits per heavy atom. The molecule has 2 aromatic rings. The van der Waals surface area contributed by atoms with E-state index in [0.717, 1.165) is 0 Å². The molecule has 0 aliphatic heterocycles. The normalized spacial score (nSPS) is 10.3. The van der Waals surface area contributed by atoms with Crippen molar-refractivity contribution >= 4 is 23.2 Å². The summed E-state index contributed by atoms with van der Waals surface area (Å²) in [5.74, 6) is -0.0741. The fourth-order valence-corrected chi connectivity index (χ4v) is 1.70. The van der Waals surface area contributed by atoms with Crippen LogP contribution >= 0.6 is 0 Å². The van der Waals surface area contributed by atoms with Crippen LogP contribution in [0.1, 0.15) is 27.8 Å². The van der Waals surface area contributed by atoms with Gasteiger partial charge >= 0.3 is 5.97 Å². The number of carbonyl (C=O) groups is 2. The molecule has 0 amide bonds. The van der Waals surface area contributed by atoms with Crippen molar-refractivity contribution in [1.82, 2.24) is 0 Å². The quantitative estimate of drug-likeness (QED) is 0.614. The Labute approximate surface area is 103 Å². The van der Waals surface area contributed by atoms with Gasteiger partial charge in [0, 0.05) is 5.39 Å². The van der Waals surface area contributed by atoms with E-state index in [4.69, 9.17) is 13.9 Å². The van der Waals surface area contributed by atoms with Crippen LogP contribution in [0.3, 0.4) is 0 Å². The van der Waals surface area contributed by atoms with Gasteiger partial charge in [-0.3, -0.25) is 4.79 Å². The summed E-state index contributed by atoms with van der Waals surface area (Å²) in [7, 11) is 1.46. The molecule has 0 bridgehead atoms. The van der Waals surface area contributed by atoms with Crippen LogP contribution in [0, 0.1) is 0 Å². The monoisotopic (exact) mass is 248 g/mol. The molecule has 94 valence electrons. The fourth-order valence-electron chi connectivity index (χ4n) is 1.70. The minimum atomic E-state index is -0.551. The highest BCUT2D eigenvalue weighted by atomic mass is 16.5. The van der Waals surface area contributed by atoms with Crippen molar-refractivity contribution in [3.8, 4) is 5.75 Å². The van der Waals surface area contributed by atoms with Crippen LogP contribution in [0.15, 0.2) is 22.6 Å². The van der Waals surface area contributed by atoms with E-state index in [-0.39, 0.29) is 17.9 Å². The van der Waals surface area contributed by atoms with Crippen LogP contribution in [0.5, 0.6) is 5.75 Å². The second kappa shape index (κ2) is 4.91. The van der Waals surface area contributed by atoms with Crippen molar-refractivity contribution in [2.45, 2.75) is 6.92 Å². The molecule has 0 aliphatic carbocycles. The van der Waals surface area contributed by atoms with Gasteiger partial charge in [0.1, 0.15) is 11.3 Å². The summed E-state index contributed by atoms with van der Waals surface area (Å²) in [4.78, 5) is 22.6. The van der Waals surface area contributed by atoms with Gasteiger partial charge in [-0.05, 0) is 25.1 Å². The zero-order valence-electron chi connectivity index (χ0n) is 10.1. The fraction of sp³-hybridized carbons (Fsp3) is 0.231. The van der Waals surface area contributed by atoms with Gasteiger partial charge in [-0.15, -0.1) is 0 Å². The Hall–Kier alpha value is -2.30. The molecule has 1 heterocycles. The predicted octanol–water partition coefficient (Wildman–Crippen LogP) is 2.43. The molecule has 5 heteroatoms. The number of hydrogen-bond acceptors (Lipinski definition) is 5. The standard InChI is InChI=1S/C13H12O5/c1-3-17-13(15)11-6-8-4-5-10(16-2)9(7-14)12(8)18-11/h4-7H,3H2,1-2H3. The molecule has 1 aromatic carbocycles. The van der Waals surface area contributed by atoms with Crippen molar-refractivity contribution < 1.29 is 23.5 Å². The lowest BCUT2D eigenvalue weighted by Gasteiger charge is -2.02. The Morgan fingerprint density at radius 2 is 2.22 bits per heavy atom. The zero-order chi connectivity index (χ0) is 13.1. The summed E-state index contributed by atoms with van der Waals surface area (Å²) < 4.78 is 15.3. The lowest BCUT2D eigenvalue weighted by molar-refractivity contribution is 0.0492. The van der Waals surface area contributed by atoms with Crippen LogP contribution in [-0.4, -0.2) is 26.0 Å². The van der Waals surface area contributed by atoms with E-state index in [0.29, 0.717) is 23.0 Å². The molecule has 0 radical (unpaired) electrons. The third-order valence-electron chi connectivity index (χ3n) is 2.50. The minimum Gasteiger partial charge on any atom is -0.496 e. The van der Waals surface area contributed by atoms with E-state index in [1.54, 1.807) is 25.1 Å². The van der Waals surface area contributed by atoms with E-state index in [1.807, 2.05) is 0 Å². The predicted molar refractivity (Wildman–Crippen MR) is 64.1 cm³/mol. The third kappa shape index (κ3) is 1.95. The van der Waals surface area contributed by atoms with Crippen molar-refractivity contribution in [2.75, 3.05) is 13.7 Å². The number of methoxy groups -OCH3 is 1. The highest BCUT2D eigenvalue weighted by Gasteiger charge is 2.17. The van der Waals surface area contributed by atoms with Gasteiger partial charge in [-0.1, -0.05) is 0 Å². The molecule has 5 nitrogen and oxygen atoms in total. The van der Waals surface area contributed by atoms with E-state index in [2.05, 4.69) is 0 Å². The van der Waals surface area contributed by atoms with Crippen LogP contribution in [-0.2, 0) is 4.74 Å². The maximum absolute atomic E-state index is 11.5. The summed E-state index contributed by atoms with van der Waals surface area (Å²) in [6.07, 6.45) is 0.638. The first-order valence-electron chi connectivity index (χ1n) is 5.44. The molecule has 1 aromatic heterocycles. The van der Waals surface area contributed by atoms with Gasteiger partial charge < -0.3 is 13.9 Å². The Morgan fingerprint density at radius 1 is 1.44 bits per heavy atom. The number of aldehydes is 1. The van der Waals surface area contributed by atoms with E-state index < -0.39 is 5.97 Å². The number of ether oxygens (including phenoxy) is 2. The molecule has 0 spiro atoms. The molecule has 0 saturated carbocycles. The molecule has 0 fully saturated rings. The van der Waals surface area contributed by atoms with Crippen LogP contribution < -0.4 is 4.74 Å². The average Bonchev–Trinajstić information content (AvgIpc) is 2.81. The SMILES string of the molecule is CCOC(=O)c1cc2ccc(OC)c(C=O)c2o1. The summed E-state index contributed by atoms with van der Waals surface area (Å²) in [6, 6.07) is 4.91. The highest BCUT2D eigenvalue weighted by Crippen LogP contribution is 2.29. The van der Waals surface area contributed by atoms with Gasteiger partial charge in [0.25, 0.3) is 0 Å². The molecule has 2 rings (SSSR count). The smallest absolute Gasteiger partial charge is 0.374 e. The average molecular weight is 248 g/mol. The van der Waals surface area contributed by atoms with E-state index in [1.165, 1.54) is 7.11 Å². The van der Waals surface area contributed by atoms with Crippen molar-refractivity contribution in [3.63, 3.8) is 0 Å². The molecule has 0 saturated heterocycles. The molecular formula is C13H12O5. The van der Waals surface area contributed by atoms with Gasteiger partial charge in [0.15, 0.2) is 6.29 Å². The number of benzene rings is 1. The summed E-state index contributed by atoms with van der Waals surface area (Å²) in [5, 5.41) is 0.654. The lowest BCUT2D eigenvalue weighted by atomic mass is 10.1. The minimum absolute atomic E-state index is 0.0724. The number of furan rings is 1. The molecular weight excluding hydrogens is 236 g/mol. The van der Waals surface area contributed by atoms with E-state index in [9.17, 15) is 9.59 Å². The van der Waals surface area contributed by atoms with Crippen LogP contribution in [0.4, 0.5) is 0 Å². The van der Waals surface area contributed by atoms with Gasteiger partial charge in [0.2, 0.25) is 5.76 Å². The molecule has 0 unspecified atom stereocenters. The number of carbonyl (C=O) groups excluding carboxylic acids is 2. The Kier molecular flexibility index (Phi) is 3.32. The molecule has 18 heavy (non-hydrogen) atoms. The second-order valence-corrected chi connectivity index (χ2v) is 3.55. The Balaban J connectivity index is 2.57. The van der Waals surface area contributed by atoms with Crippen LogP contribution in [0.25, 0.3) is 11.0 Å². The van der Waals surface area contributed by atoms with Gasteiger partial charge in [0.05, 0.1) is 19.3 Å². The number of hydrogen-bond donors (Lipinski definition) is 0. The first-order valence-corrected chi connectivity index (χ1v) is 5.44. The van der Waals surface area contributed by atoms with Crippen LogP contribution in [0.2, 0.25) is 0 Å². The maximum Gasteiger partial charge on any atom is 0.374 e. The first kappa shape index (κ1) is 12.2. The molecule has 0 aliphatic rings. The van der Waals surface area contributed by atoms with Crippen molar-refractivity contribution in [1.29, 1.82) is 0 Å². The number of fused-ring (bicyclic) bond motifs is 1. The molecule has 0 atom stereocenters. The van der Waals surface area contributed by atoms with Crippen molar-refractivity contribution in [2.24, 2.45) is 0 Å². The summed E-state index contributed by atoms with van der Waals surface area (Å²) in [5.41, 5.74) is 0.609. The summed E-state index contributed by atoms with van der Waals surface area (Å²) in [6.45, 7) is 1.97. The largest absolute Gasteiger partial charge is 0.496 e. The van der Waals surface area contributed by atoms with Gasteiger partial charge in [-0.2, -0.15) is 0 Å². The summed E-state index contributed by atoms with van der Waals surface area (Å²) >= 11 is 0. The van der Waals surface area contributed by atoms with Gasteiger partial charge in [-0.25, -0.2) is 4.79 Å². The number of esters is 1. The first-order chi connectivity index (χ1) is 8.71. The third-order valence-corrected chi connectivity index (χ3v) is 2.50. The lowest BCUT2D eigenvalue weighted by Crippen LogP contribution is -2.02. The van der Waals surface area contributed by atoms with Crippen molar-refractivity contribution in [3.05, 3.63) is 29.5 Å². The topological polar surface area (TPSA) is 65.7 Å². The maximum atomic E-state index is 11.5. The molecule has 0 N–H and O–H groups in total. The second-order valence-electron chi connectivity index (χ2n) is 3.55. The van der Waals surface area contributed by atoms with E-state index >= 15 is 0 Å². The Bertz CT molecular complexity index is 597. The zero-order valence-corrected chi connectivity index (χ0v) is 10.1.